The molecule has 3 heteroatoms. The van der Waals surface area contributed by atoms with Crippen molar-refractivity contribution in [2.45, 2.75) is 0 Å². The van der Waals surface area contributed by atoms with Crippen molar-refractivity contribution in [2.24, 2.45) is 0 Å². The Labute approximate surface area is 338 Å². The molecule has 0 fully saturated rings. The summed E-state index contributed by atoms with van der Waals surface area (Å²) in [5, 5.41) is 4.65. The van der Waals surface area contributed by atoms with Crippen LogP contribution in [0.25, 0.3) is 78.0 Å². The van der Waals surface area contributed by atoms with Gasteiger partial charge in [0.25, 0.3) is 0 Å². The molecule has 0 bridgehead atoms. The number of nitrogens with zero attached hydrogens (tertiary/aromatic N) is 3. The van der Waals surface area contributed by atoms with Crippen molar-refractivity contribution in [3.8, 4) is 45.3 Å². The Bertz CT molecular complexity index is 2940. The molecule has 1 heterocycles. The van der Waals surface area contributed by atoms with Crippen LogP contribution in [0.4, 0.5) is 0 Å². The zero-order chi connectivity index (χ0) is 38.7. The molecule has 0 unspecified atom stereocenters. The fourth-order valence-corrected chi connectivity index (χ4v) is 7.81. The summed E-state index contributed by atoms with van der Waals surface area (Å²) in [5.41, 5.74) is 12.1. The second kappa shape index (κ2) is 15.4. The van der Waals surface area contributed by atoms with E-state index in [2.05, 4.69) is 224 Å². The van der Waals surface area contributed by atoms with Crippen molar-refractivity contribution in [3.63, 3.8) is 0 Å². The van der Waals surface area contributed by atoms with E-state index in [1.807, 2.05) is 0 Å². The second-order valence-electron chi connectivity index (χ2n) is 14.4. The molecule has 9 aromatic carbocycles. The first-order valence-electron chi connectivity index (χ1n) is 19.6. The van der Waals surface area contributed by atoms with E-state index in [0.717, 1.165) is 49.7 Å². The number of hydrogen-bond donors (Lipinski definition) is 0. The van der Waals surface area contributed by atoms with Crippen LogP contribution in [-0.2, 0) is 0 Å². The van der Waals surface area contributed by atoms with E-state index in [1.165, 1.54) is 33.0 Å². The molecule has 0 saturated heterocycles. The van der Waals surface area contributed by atoms with Crippen molar-refractivity contribution < 1.29 is 0 Å². The Morgan fingerprint density at radius 2 is 0.586 bits per heavy atom. The van der Waals surface area contributed by atoms with Gasteiger partial charge in [-0.1, -0.05) is 206 Å². The first-order chi connectivity index (χ1) is 28.7. The SMILES string of the molecule is c1ccc(C(=C(c2ccccc2)c2cccc(-c3ccc(-c4nc(-c5ccc6ccccc6c5)nc(-c5ccc6ccccc6c5)n4)cc3)c2)c2ccccc2)cc1. The van der Waals surface area contributed by atoms with E-state index in [1.54, 1.807) is 0 Å². The van der Waals surface area contributed by atoms with Crippen molar-refractivity contribution >= 4 is 32.7 Å². The van der Waals surface area contributed by atoms with Gasteiger partial charge in [0, 0.05) is 16.7 Å². The molecule has 1 aromatic heterocycles. The largest absolute Gasteiger partial charge is 0.208 e. The van der Waals surface area contributed by atoms with E-state index in [0.29, 0.717) is 17.5 Å². The van der Waals surface area contributed by atoms with Gasteiger partial charge < -0.3 is 0 Å². The van der Waals surface area contributed by atoms with Crippen LogP contribution in [0.1, 0.15) is 22.3 Å². The summed E-state index contributed by atoms with van der Waals surface area (Å²) in [5.74, 6) is 1.92. The van der Waals surface area contributed by atoms with Crippen LogP contribution in [-0.4, -0.2) is 15.0 Å². The molecule has 0 aliphatic carbocycles. The minimum atomic E-state index is 0.631. The fourth-order valence-electron chi connectivity index (χ4n) is 7.81. The summed E-state index contributed by atoms with van der Waals surface area (Å²) < 4.78 is 0. The minimum absolute atomic E-state index is 0.631. The van der Waals surface area contributed by atoms with Crippen LogP contribution in [0.15, 0.2) is 224 Å². The Kier molecular flexibility index (Phi) is 9.23. The van der Waals surface area contributed by atoms with Crippen molar-refractivity contribution in [1.29, 1.82) is 0 Å². The highest BCUT2D eigenvalue weighted by atomic mass is 15.0. The lowest BCUT2D eigenvalue weighted by molar-refractivity contribution is 1.08. The van der Waals surface area contributed by atoms with Crippen LogP contribution in [0.2, 0.25) is 0 Å². The van der Waals surface area contributed by atoms with Crippen LogP contribution in [0.5, 0.6) is 0 Å². The molecule has 0 saturated carbocycles. The molecular weight excluding hydrogens is 703 g/mol. The highest BCUT2D eigenvalue weighted by Gasteiger charge is 2.18. The summed E-state index contributed by atoms with van der Waals surface area (Å²) >= 11 is 0. The quantitative estimate of drug-likeness (QED) is 0.146. The lowest BCUT2D eigenvalue weighted by Crippen LogP contribution is -2.00. The standard InChI is InChI=1S/C55H37N3/c1-4-17-41(18-5-1)51(42-19-6-2-7-20-42)52(43-21-8-3-9-22-43)48-26-14-25-47(35-48)40-27-31-44(32-28-40)53-56-54(49-33-29-38-15-10-12-23-45(38)36-49)58-55(57-53)50-34-30-39-16-11-13-24-46(39)37-50/h1-37H. The third-order valence-electron chi connectivity index (χ3n) is 10.7. The van der Waals surface area contributed by atoms with Crippen LogP contribution < -0.4 is 0 Å². The van der Waals surface area contributed by atoms with Crippen LogP contribution >= 0.6 is 0 Å². The molecule has 10 rings (SSSR count). The summed E-state index contributed by atoms with van der Waals surface area (Å²) in [7, 11) is 0. The Morgan fingerprint density at radius 3 is 1.07 bits per heavy atom. The molecule has 0 aliphatic heterocycles. The summed E-state index contributed by atoms with van der Waals surface area (Å²) in [4.78, 5) is 15.2. The van der Waals surface area contributed by atoms with Crippen molar-refractivity contribution in [3.05, 3.63) is 247 Å². The van der Waals surface area contributed by atoms with Crippen molar-refractivity contribution in [2.75, 3.05) is 0 Å². The first kappa shape index (κ1) is 34.7. The molecule has 10 aromatic rings. The predicted octanol–water partition coefficient (Wildman–Crippen LogP) is 13.9. The van der Waals surface area contributed by atoms with Gasteiger partial charge in [-0.05, 0) is 84.3 Å². The molecule has 0 spiro atoms. The first-order valence-corrected chi connectivity index (χ1v) is 19.6. The van der Waals surface area contributed by atoms with Gasteiger partial charge in [-0.25, -0.2) is 15.0 Å². The number of fused-ring (bicyclic) bond motifs is 2. The predicted molar refractivity (Wildman–Crippen MR) is 241 cm³/mol. The molecule has 0 aliphatic rings. The molecule has 3 nitrogen and oxygen atoms in total. The maximum Gasteiger partial charge on any atom is 0.164 e. The third-order valence-corrected chi connectivity index (χ3v) is 10.7. The molecule has 0 radical (unpaired) electrons. The molecular formula is C55H37N3. The van der Waals surface area contributed by atoms with Gasteiger partial charge in [-0.2, -0.15) is 0 Å². The van der Waals surface area contributed by atoms with Gasteiger partial charge in [0.1, 0.15) is 0 Å². The zero-order valence-corrected chi connectivity index (χ0v) is 31.7. The van der Waals surface area contributed by atoms with E-state index in [-0.39, 0.29) is 0 Å². The van der Waals surface area contributed by atoms with Crippen LogP contribution in [0, 0.1) is 0 Å². The zero-order valence-electron chi connectivity index (χ0n) is 31.7. The number of hydrogen-bond acceptors (Lipinski definition) is 3. The van der Waals surface area contributed by atoms with Gasteiger partial charge in [-0.3, -0.25) is 0 Å². The topological polar surface area (TPSA) is 38.7 Å². The molecule has 0 N–H and O–H groups in total. The van der Waals surface area contributed by atoms with E-state index in [4.69, 9.17) is 15.0 Å². The minimum Gasteiger partial charge on any atom is -0.208 e. The van der Waals surface area contributed by atoms with E-state index in [9.17, 15) is 0 Å². The summed E-state index contributed by atoms with van der Waals surface area (Å²) in [6.45, 7) is 0. The molecule has 0 amide bonds. The number of rotatable bonds is 8. The fraction of sp³-hybridized carbons (Fsp3) is 0. The number of aromatic nitrogens is 3. The van der Waals surface area contributed by atoms with E-state index < -0.39 is 0 Å². The molecule has 58 heavy (non-hydrogen) atoms. The third kappa shape index (κ3) is 6.98. The average Bonchev–Trinajstić information content (AvgIpc) is 3.31. The Hall–Kier alpha value is -7.75. The maximum atomic E-state index is 5.09. The van der Waals surface area contributed by atoms with Crippen LogP contribution in [0.3, 0.4) is 0 Å². The van der Waals surface area contributed by atoms with Gasteiger partial charge >= 0.3 is 0 Å². The normalized spacial score (nSPS) is 11.1. The Balaban J connectivity index is 1.07. The maximum absolute atomic E-state index is 5.09. The lowest BCUT2D eigenvalue weighted by atomic mass is 9.85. The van der Waals surface area contributed by atoms with Crippen molar-refractivity contribution in [1.82, 2.24) is 15.0 Å². The lowest BCUT2D eigenvalue weighted by Gasteiger charge is -2.19. The number of benzene rings is 9. The highest BCUT2D eigenvalue weighted by Crippen LogP contribution is 2.38. The van der Waals surface area contributed by atoms with Gasteiger partial charge in [0.05, 0.1) is 0 Å². The highest BCUT2D eigenvalue weighted by molar-refractivity contribution is 6.05. The average molecular weight is 740 g/mol. The van der Waals surface area contributed by atoms with Gasteiger partial charge in [0.2, 0.25) is 0 Å². The summed E-state index contributed by atoms with van der Waals surface area (Å²) in [6, 6.07) is 79.1. The van der Waals surface area contributed by atoms with Gasteiger partial charge in [0.15, 0.2) is 17.5 Å². The molecule has 272 valence electrons. The molecule has 0 atom stereocenters. The summed E-state index contributed by atoms with van der Waals surface area (Å²) in [6.07, 6.45) is 0. The van der Waals surface area contributed by atoms with E-state index >= 15 is 0 Å². The monoisotopic (exact) mass is 739 g/mol. The Morgan fingerprint density at radius 1 is 0.224 bits per heavy atom. The van der Waals surface area contributed by atoms with Gasteiger partial charge in [-0.15, -0.1) is 0 Å². The smallest absolute Gasteiger partial charge is 0.164 e. The second-order valence-corrected chi connectivity index (χ2v) is 14.4.